The van der Waals surface area contributed by atoms with Crippen molar-refractivity contribution in [3.63, 3.8) is 0 Å². The minimum atomic E-state index is 0. The molecule has 0 saturated heterocycles. The summed E-state index contributed by atoms with van der Waals surface area (Å²) >= 11 is 0. The van der Waals surface area contributed by atoms with Crippen LogP contribution in [-0.2, 0) is 31.3 Å². The van der Waals surface area contributed by atoms with Crippen molar-refractivity contribution in [2.75, 3.05) is 0 Å². The van der Waals surface area contributed by atoms with Crippen molar-refractivity contribution in [2.24, 2.45) is 17.3 Å². The fourth-order valence-corrected chi connectivity index (χ4v) is 5.43. The molecule has 1 heterocycles. The number of pyridine rings is 1. The third-order valence-electron chi connectivity index (χ3n) is 6.81. The van der Waals surface area contributed by atoms with Gasteiger partial charge in [-0.15, -0.1) is 29.8 Å². The van der Waals surface area contributed by atoms with Crippen LogP contribution in [0.4, 0.5) is 0 Å². The van der Waals surface area contributed by atoms with E-state index >= 15 is 0 Å². The zero-order valence-corrected chi connectivity index (χ0v) is 27.7. The van der Waals surface area contributed by atoms with Crippen molar-refractivity contribution in [1.29, 1.82) is 0 Å². The second kappa shape index (κ2) is 13.7. The number of carbonyl (C=O) groups is 1. The Bertz CT molecular complexity index is 1540. The van der Waals surface area contributed by atoms with E-state index in [0.717, 1.165) is 17.7 Å². The quantitative estimate of drug-likeness (QED) is 0.108. The van der Waals surface area contributed by atoms with Crippen molar-refractivity contribution in [2.45, 2.75) is 67.7 Å². The van der Waals surface area contributed by atoms with Gasteiger partial charge in [-0.1, -0.05) is 96.0 Å². The number of nitrogens with zero attached hydrogens (tertiary/aromatic N) is 1. The molecule has 3 aromatic carbocycles. The average molecular weight is 725 g/mol. The number of allylic oxidation sites excluding steroid dienone is 2. The van der Waals surface area contributed by atoms with Crippen LogP contribution in [0.25, 0.3) is 44.3 Å². The van der Waals surface area contributed by atoms with Gasteiger partial charge < -0.3 is 10.1 Å². The molecule has 1 aliphatic rings. The standard InChI is InChI=1S/C26H22N.C11H20O2.Ir/c1-26(2,3)16-17-14-18-12-13-27-25-22-11-7-6-9-20(22)19-8-4-5-10-21(19)23(15-17)24(18)25;1-8(2)5-10(12)7-11(13)6-9(3)4;/h4-10,12-15H,16H2,1-3H3;7-9,12H,5-6H2,1-4H3;/q-1;;/b;10-7-;. The first-order valence-corrected chi connectivity index (χ1v) is 14.4. The predicted molar refractivity (Wildman–Crippen MR) is 168 cm³/mol. The van der Waals surface area contributed by atoms with E-state index in [4.69, 9.17) is 4.98 Å². The van der Waals surface area contributed by atoms with E-state index in [0.29, 0.717) is 24.7 Å². The van der Waals surface area contributed by atoms with Crippen molar-refractivity contribution in [1.82, 2.24) is 4.98 Å². The normalized spacial score (nSPS) is 12.2. The van der Waals surface area contributed by atoms with Crippen LogP contribution in [0.3, 0.4) is 0 Å². The molecule has 0 saturated carbocycles. The molecule has 217 valence electrons. The van der Waals surface area contributed by atoms with Crippen LogP contribution in [0.2, 0.25) is 0 Å². The molecule has 1 N–H and O–H groups in total. The molecule has 3 nitrogen and oxygen atoms in total. The first-order chi connectivity index (χ1) is 18.9. The molecule has 0 amide bonds. The van der Waals surface area contributed by atoms with E-state index in [1.165, 1.54) is 44.7 Å². The maximum atomic E-state index is 11.2. The van der Waals surface area contributed by atoms with Gasteiger partial charge in [0.1, 0.15) is 0 Å². The Labute approximate surface area is 259 Å². The molecule has 1 radical (unpaired) electrons. The molecule has 41 heavy (non-hydrogen) atoms. The van der Waals surface area contributed by atoms with Crippen molar-refractivity contribution >= 4 is 16.6 Å². The number of carbonyl (C=O) groups excluding carboxylic acids is 1. The molecule has 1 aromatic heterocycles. The Morgan fingerprint density at radius 3 is 2.17 bits per heavy atom. The molecule has 4 heteroatoms. The summed E-state index contributed by atoms with van der Waals surface area (Å²) in [5.41, 5.74) is 8.80. The summed E-state index contributed by atoms with van der Waals surface area (Å²) < 4.78 is 0. The van der Waals surface area contributed by atoms with Gasteiger partial charge in [0.05, 0.1) is 5.76 Å². The van der Waals surface area contributed by atoms with Crippen molar-refractivity contribution < 1.29 is 30.0 Å². The number of ketones is 1. The summed E-state index contributed by atoms with van der Waals surface area (Å²) in [6, 6.07) is 25.3. The smallest absolute Gasteiger partial charge is 0.159 e. The topological polar surface area (TPSA) is 50.2 Å². The minimum Gasteiger partial charge on any atom is -0.512 e. The molecule has 0 bridgehead atoms. The number of hydrogen-bond acceptors (Lipinski definition) is 3. The monoisotopic (exact) mass is 725 g/mol. The van der Waals surface area contributed by atoms with E-state index in [2.05, 4.69) is 81.4 Å². The largest absolute Gasteiger partial charge is 0.512 e. The summed E-state index contributed by atoms with van der Waals surface area (Å²) in [6.45, 7) is 14.9. The van der Waals surface area contributed by atoms with E-state index in [1.807, 2.05) is 40.0 Å². The molecule has 0 fully saturated rings. The van der Waals surface area contributed by atoms with Gasteiger partial charge in [-0.25, -0.2) is 0 Å². The molecule has 0 aliphatic heterocycles. The van der Waals surface area contributed by atoms with Crippen LogP contribution in [0.1, 0.15) is 66.9 Å². The fourth-order valence-electron chi connectivity index (χ4n) is 5.43. The molecular formula is C37H42IrNO2-. The molecule has 0 atom stereocenters. The molecule has 0 spiro atoms. The summed E-state index contributed by atoms with van der Waals surface area (Å²) in [7, 11) is 0. The van der Waals surface area contributed by atoms with Gasteiger partial charge in [0.15, 0.2) is 5.78 Å². The molecular weight excluding hydrogens is 683 g/mol. The maximum absolute atomic E-state index is 11.2. The zero-order chi connectivity index (χ0) is 29.0. The molecule has 4 aromatic rings. The van der Waals surface area contributed by atoms with Crippen LogP contribution in [0.15, 0.2) is 78.7 Å². The van der Waals surface area contributed by atoms with Gasteiger partial charge in [0.25, 0.3) is 0 Å². The second-order valence-corrected chi connectivity index (χ2v) is 12.9. The number of aromatic nitrogens is 1. The van der Waals surface area contributed by atoms with Gasteiger partial charge in [-0.3, -0.25) is 4.79 Å². The number of fused-ring (bicyclic) bond motifs is 5. The summed E-state index contributed by atoms with van der Waals surface area (Å²) in [5, 5.41) is 11.8. The Balaban J connectivity index is 0.000000284. The molecule has 0 unspecified atom stereocenters. The van der Waals surface area contributed by atoms with Gasteiger partial charge >= 0.3 is 0 Å². The van der Waals surface area contributed by atoms with E-state index < -0.39 is 0 Å². The summed E-state index contributed by atoms with van der Waals surface area (Å²) in [5.74, 6) is 0.979. The Morgan fingerprint density at radius 1 is 0.902 bits per heavy atom. The minimum absolute atomic E-state index is 0. The van der Waals surface area contributed by atoms with E-state index in [1.54, 1.807) is 0 Å². The summed E-state index contributed by atoms with van der Waals surface area (Å²) in [6.07, 6.45) is 5.45. The van der Waals surface area contributed by atoms with Crippen LogP contribution in [-0.4, -0.2) is 15.9 Å². The third kappa shape index (κ3) is 8.24. The fraction of sp³-hybridized carbons (Fsp3) is 0.351. The summed E-state index contributed by atoms with van der Waals surface area (Å²) in [4.78, 5) is 16.0. The van der Waals surface area contributed by atoms with Crippen LogP contribution in [0, 0.1) is 23.3 Å². The van der Waals surface area contributed by atoms with Crippen molar-refractivity contribution in [3.05, 3.63) is 90.3 Å². The first kappa shape index (κ1) is 32.4. The third-order valence-corrected chi connectivity index (χ3v) is 6.81. The van der Waals surface area contributed by atoms with E-state index in [-0.39, 0.29) is 37.1 Å². The van der Waals surface area contributed by atoms with Gasteiger partial charge in [-0.2, -0.15) is 0 Å². The Kier molecular flexibility index (Phi) is 10.9. The number of rotatable bonds is 6. The number of benzene rings is 3. The Morgan fingerprint density at radius 2 is 1.54 bits per heavy atom. The number of hydrogen-bond donors (Lipinski definition) is 1. The van der Waals surface area contributed by atoms with Gasteiger partial charge in [-0.05, 0) is 62.9 Å². The zero-order valence-electron chi connectivity index (χ0n) is 25.3. The van der Waals surface area contributed by atoms with Gasteiger partial charge in [0, 0.05) is 45.2 Å². The Hall–Kier alpha value is -3.07. The van der Waals surface area contributed by atoms with Crippen LogP contribution >= 0.6 is 0 Å². The average Bonchev–Trinajstić information content (AvgIpc) is 2.97. The SMILES string of the molecule is CC(C)(C)Cc1cc2c3c(nccc3c1)-c1[c-]cccc1-c1ccccc1-2.CC(C)CC(=O)/C=C(\O)CC(C)C.[Ir]. The predicted octanol–water partition coefficient (Wildman–Crippen LogP) is 10.0. The van der Waals surface area contributed by atoms with Crippen LogP contribution < -0.4 is 0 Å². The molecule has 1 aliphatic carbocycles. The van der Waals surface area contributed by atoms with Crippen molar-refractivity contribution in [3.8, 4) is 33.5 Å². The van der Waals surface area contributed by atoms with E-state index in [9.17, 15) is 9.90 Å². The number of aliphatic hydroxyl groups is 1. The maximum Gasteiger partial charge on any atom is 0.159 e. The van der Waals surface area contributed by atoms with Crippen LogP contribution in [0.5, 0.6) is 0 Å². The first-order valence-electron chi connectivity index (χ1n) is 14.4. The number of aliphatic hydroxyl groups excluding tert-OH is 1. The van der Waals surface area contributed by atoms with Gasteiger partial charge in [0.2, 0.25) is 0 Å². The second-order valence-electron chi connectivity index (χ2n) is 12.9. The molecule has 5 rings (SSSR count).